The average molecular weight is 411 g/mol. The highest BCUT2D eigenvalue weighted by Gasteiger charge is 2.20. The van der Waals surface area contributed by atoms with Crippen molar-refractivity contribution in [3.05, 3.63) is 40.5 Å². The number of carbonyl (C=O) groups is 1. The van der Waals surface area contributed by atoms with Crippen molar-refractivity contribution in [1.82, 2.24) is 14.6 Å². The highest BCUT2D eigenvalue weighted by Crippen LogP contribution is 2.34. The van der Waals surface area contributed by atoms with Crippen molar-refractivity contribution >= 4 is 52.2 Å². The first-order valence-electron chi connectivity index (χ1n) is 7.58. The molecule has 3 heterocycles. The summed E-state index contributed by atoms with van der Waals surface area (Å²) in [7, 11) is 0. The molecule has 1 aliphatic heterocycles. The maximum absolute atomic E-state index is 12.5. The Morgan fingerprint density at radius 3 is 2.92 bits per heavy atom. The number of aromatic nitrogens is 3. The van der Waals surface area contributed by atoms with Gasteiger partial charge in [-0.1, -0.05) is 35.0 Å². The van der Waals surface area contributed by atoms with Gasteiger partial charge in [0.05, 0.1) is 15.3 Å². The van der Waals surface area contributed by atoms with Crippen LogP contribution < -0.4 is 14.8 Å². The number of rotatable bonds is 4. The summed E-state index contributed by atoms with van der Waals surface area (Å²) in [5.74, 6) is 1.09. The fraction of sp³-hybridized carbons (Fsp3) is 0.188. The number of hydrogen-bond acceptors (Lipinski definition) is 6. The Morgan fingerprint density at radius 2 is 2.08 bits per heavy atom. The van der Waals surface area contributed by atoms with Gasteiger partial charge in [0.1, 0.15) is 0 Å². The van der Waals surface area contributed by atoms with E-state index in [4.69, 9.17) is 32.7 Å². The minimum atomic E-state index is -0.425. The molecule has 3 aromatic rings. The number of ether oxygens (including phenoxy) is 2. The summed E-state index contributed by atoms with van der Waals surface area (Å²) in [6.07, 6.45) is 1.66. The molecular weight excluding hydrogens is 399 g/mol. The van der Waals surface area contributed by atoms with Crippen molar-refractivity contribution in [2.45, 2.75) is 17.3 Å². The third-order valence-corrected chi connectivity index (χ3v) is 5.23. The molecule has 26 heavy (non-hydrogen) atoms. The molecule has 1 amide bonds. The number of halogens is 2. The van der Waals surface area contributed by atoms with Gasteiger partial charge in [-0.3, -0.25) is 9.20 Å². The first kappa shape index (κ1) is 17.3. The molecule has 0 aliphatic carbocycles. The number of nitrogens with zero attached hydrogens (tertiary/aromatic N) is 3. The van der Waals surface area contributed by atoms with Gasteiger partial charge in [0.15, 0.2) is 22.3 Å². The van der Waals surface area contributed by atoms with E-state index < -0.39 is 5.25 Å². The van der Waals surface area contributed by atoms with Gasteiger partial charge in [-0.15, -0.1) is 10.2 Å². The average Bonchev–Trinajstić information content (AvgIpc) is 3.21. The Balaban J connectivity index is 1.49. The van der Waals surface area contributed by atoms with Crippen molar-refractivity contribution < 1.29 is 14.3 Å². The van der Waals surface area contributed by atoms with Crippen LogP contribution in [0.25, 0.3) is 5.65 Å². The van der Waals surface area contributed by atoms with Gasteiger partial charge >= 0.3 is 0 Å². The third-order valence-electron chi connectivity index (χ3n) is 3.69. The normalized spacial score (nSPS) is 13.8. The van der Waals surface area contributed by atoms with Crippen molar-refractivity contribution in [3.8, 4) is 11.5 Å². The zero-order valence-corrected chi connectivity index (χ0v) is 15.7. The second kappa shape index (κ2) is 6.86. The SMILES string of the molecule is C[C@@H](Sc1nnc2c(Cl)cc(Cl)cn12)C(=O)Nc1ccc2c(c1)OCO2. The van der Waals surface area contributed by atoms with E-state index in [9.17, 15) is 4.79 Å². The van der Waals surface area contributed by atoms with E-state index in [-0.39, 0.29) is 12.7 Å². The van der Waals surface area contributed by atoms with E-state index in [1.54, 1.807) is 41.8 Å². The molecule has 0 bridgehead atoms. The first-order valence-corrected chi connectivity index (χ1v) is 9.22. The van der Waals surface area contributed by atoms with Crippen LogP contribution >= 0.6 is 35.0 Å². The zero-order chi connectivity index (χ0) is 18.3. The molecule has 0 radical (unpaired) electrons. The molecular formula is C16H12Cl2N4O3S. The third kappa shape index (κ3) is 3.27. The Morgan fingerprint density at radius 1 is 1.27 bits per heavy atom. The summed E-state index contributed by atoms with van der Waals surface area (Å²) in [6, 6.07) is 6.83. The number of fused-ring (bicyclic) bond motifs is 2. The first-order chi connectivity index (χ1) is 12.5. The number of thioether (sulfide) groups is 1. The molecule has 2 aromatic heterocycles. The number of benzene rings is 1. The lowest BCUT2D eigenvalue weighted by molar-refractivity contribution is -0.115. The second-order valence-corrected chi connectivity index (χ2v) is 7.65. The quantitative estimate of drug-likeness (QED) is 0.657. The molecule has 10 heteroatoms. The molecule has 0 saturated carbocycles. The van der Waals surface area contributed by atoms with E-state index in [0.29, 0.717) is 38.0 Å². The molecule has 4 rings (SSSR count). The summed E-state index contributed by atoms with van der Waals surface area (Å²) < 4.78 is 12.2. The minimum absolute atomic E-state index is 0.182. The molecule has 1 aromatic carbocycles. The van der Waals surface area contributed by atoms with Crippen LogP contribution in [0.15, 0.2) is 35.6 Å². The summed E-state index contributed by atoms with van der Waals surface area (Å²) in [5, 5.41) is 11.9. The van der Waals surface area contributed by atoms with Crippen LogP contribution in [0.2, 0.25) is 10.0 Å². The van der Waals surface area contributed by atoms with E-state index in [1.165, 1.54) is 11.8 Å². The zero-order valence-electron chi connectivity index (χ0n) is 13.4. The summed E-state index contributed by atoms with van der Waals surface area (Å²) in [4.78, 5) is 12.5. The van der Waals surface area contributed by atoms with E-state index in [0.717, 1.165) is 0 Å². The number of pyridine rings is 1. The Hall–Kier alpha value is -2.16. The molecule has 0 unspecified atom stereocenters. The fourth-order valence-electron chi connectivity index (χ4n) is 2.41. The summed E-state index contributed by atoms with van der Waals surface area (Å²) in [5.41, 5.74) is 1.12. The minimum Gasteiger partial charge on any atom is -0.454 e. The molecule has 1 atom stereocenters. The van der Waals surface area contributed by atoms with E-state index >= 15 is 0 Å². The smallest absolute Gasteiger partial charge is 0.237 e. The monoisotopic (exact) mass is 410 g/mol. The van der Waals surface area contributed by atoms with Gasteiger partial charge in [0.25, 0.3) is 0 Å². The topological polar surface area (TPSA) is 77.8 Å². The van der Waals surface area contributed by atoms with Gasteiger partial charge in [-0.25, -0.2) is 0 Å². The maximum Gasteiger partial charge on any atom is 0.237 e. The predicted octanol–water partition coefficient (Wildman–Crippen LogP) is 3.88. The van der Waals surface area contributed by atoms with Crippen LogP contribution in [0.3, 0.4) is 0 Å². The molecule has 1 N–H and O–H groups in total. The highest BCUT2D eigenvalue weighted by molar-refractivity contribution is 8.00. The van der Waals surface area contributed by atoms with Crippen molar-refractivity contribution in [3.63, 3.8) is 0 Å². The standard InChI is InChI=1S/C16H12Cl2N4O3S/c1-8(15(23)19-10-2-3-12-13(5-10)25-7-24-12)26-16-21-20-14-11(18)4-9(17)6-22(14)16/h2-6,8H,7H2,1H3,(H,19,23)/t8-/m1/s1. The number of anilines is 1. The highest BCUT2D eigenvalue weighted by atomic mass is 35.5. The van der Waals surface area contributed by atoms with Gasteiger partial charge in [-0.05, 0) is 25.1 Å². The van der Waals surface area contributed by atoms with E-state index in [1.807, 2.05) is 0 Å². The summed E-state index contributed by atoms with van der Waals surface area (Å²) in [6.45, 7) is 1.96. The number of nitrogens with one attached hydrogen (secondary N) is 1. The predicted molar refractivity (Wildman–Crippen MR) is 99.5 cm³/mol. The summed E-state index contributed by atoms with van der Waals surface area (Å²) >= 11 is 13.4. The van der Waals surface area contributed by atoms with Crippen molar-refractivity contribution in [1.29, 1.82) is 0 Å². The maximum atomic E-state index is 12.5. The molecule has 1 aliphatic rings. The second-order valence-electron chi connectivity index (χ2n) is 5.50. The Kier molecular flexibility index (Phi) is 4.56. The van der Waals surface area contributed by atoms with Crippen molar-refractivity contribution in [2.24, 2.45) is 0 Å². The number of carbonyl (C=O) groups excluding carboxylic acids is 1. The molecule has 7 nitrogen and oxygen atoms in total. The Labute approximate surface area is 162 Å². The Bertz CT molecular complexity index is 1010. The van der Waals surface area contributed by atoms with Crippen LogP contribution in [-0.4, -0.2) is 32.5 Å². The van der Waals surface area contributed by atoms with E-state index in [2.05, 4.69) is 15.5 Å². The number of hydrogen-bond donors (Lipinski definition) is 1. The fourth-order valence-corrected chi connectivity index (χ4v) is 3.74. The van der Waals surface area contributed by atoms with Crippen LogP contribution in [0.1, 0.15) is 6.92 Å². The van der Waals surface area contributed by atoms with Gasteiger partial charge in [-0.2, -0.15) is 0 Å². The van der Waals surface area contributed by atoms with Crippen molar-refractivity contribution in [2.75, 3.05) is 12.1 Å². The van der Waals surface area contributed by atoms with Crippen LogP contribution in [0.5, 0.6) is 11.5 Å². The van der Waals surface area contributed by atoms with Crippen LogP contribution in [-0.2, 0) is 4.79 Å². The molecule has 0 saturated heterocycles. The molecule has 134 valence electrons. The lowest BCUT2D eigenvalue weighted by Gasteiger charge is -2.11. The molecule has 0 spiro atoms. The van der Waals surface area contributed by atoms with Crippen LogP contribution in [0, 0.1) is 0 Å². The van der Waals surface area contributed by atoms with Gasteiger partial charge < -0.3 is 14.8 Å². The lowest BCUT2D eigenvalue weighted by Crippen LogP contribution is -2.22. The van der Waals surface area contributed by atoms with Gasteiger partial charge in [0.2, 0.25) is 12.7 Å². The van der Waals surface area contributed by atoms with Crippen LogP contribution in [0.4, 0.5) is 5.69 Å². The largest absolute Gasteiger partial charge is 0.454 e. The molecule has 0 fully saturated rings. The van der Waals surface area contributed by atoms with Gasteiger partial charge in [0, 0.05) is 18.0 Å². The number of amides is 1. The lowest BCUT2D eigenvalue weighted by atomic mass is 10.2.